The highest BCUT2D eigenvalue weighted by atomic mass is 15.3. The van der Waals surface area contributed by atoms with Crippen LogP contribution in [-0.2, 0) is 33.1 Å². The van der Waals surface area contributed by atoms with E-state index in [2.05, 4.69) is 44.8 Å². The second-order valence-electron chi connectivity index (χ2n) is 5.16. The van der Waals surface area contributed by atoms with E-state index in [1.54, 1.807) is 0 Å². The average Bonchev–Trinajstić information content (AvgIpc) is 2.92. The minimum absolute atomic E-state index is 0.876. The molecule has 0 saturated heterocycles. The van der Waals surface area contributed by atoms with Gasteiger partial charge in [-0.15, -0.1) is 10.2 Å². The summed E-state index contributed by atoms with van der Waals surface area (Å²) < 4.78 is 4.14. The summed E-state index contributed by atoms with van der Waals surface area (Å²) in [7, 11) is 1.97. The van der Waals surface area contributed by atoms with Crippen molar-refractivity contribution < 1.29 is 0 Å². The van der Waals surface area contributed by atoms with Gasteiger partial charge in [0, 0.05) is 44.9 Å². The SMILES string of the molecule is CCc1nnc2n1CCN(Cc1cn(C)nc1C)C2. The molecule has 0 fully saturated rings. The normalized spacial score (nSPS) is 15.7. The van der Waals surface area contributed by atoms with Gasteiger partial charge in [-0.2, -0.15) is 5.10 Å². The number of fused-ring (bicyclic) bond motifs is 1. The van der Waals surface area contributed by atoms with Gasteiger partial charge in [0.2, 0.25) is 0 Å². The largest absolute Gasteiger partial charge is 0.313 e. The summed E-state index contributed by atoms with van der Waals surface area (Å²) in [6, 6.07) is 0. The van der Waals surface area contributed by atoms with Crippen molar-refractivity contribution in [3.63, 3.8) is 0 Å². The van der Waals surface area contributed by atoms with Crippen molar-refractivity contribution in [1.82, 2.24) is 29.4 Å². The van der Waals surface area contributed by atoms with Crippen LogP contribution in [0.3, 0.4) is 0 Å². The molecule has 1 aliphatic heterocycles. The second-order valence-corrected chi connectivity index (χ2v) is 5.16. The third-order valence-electron chi connectivity index (χ3n) is 3.73. The Morgan fingerprint density at radius 3 is 2.79 bits per heavy atom. The molecule has 6 heteroatoms. The Hall–Kier alpha value is -1.69. The van der Waals surface area contributed by atoms with Gasteiger partial charge in [-0.1, -0.05) is 6.92 Å². The Labute approximate surface area is 113 Å². The Kier molecular flexibility index (Phi) is 3.10. The van der Waals surface area contributed by atoms with Gasteiger partial charge in [-0.25, -0.2) is 0 Å². The van der Waals surface area contributed by atoms with Crippen LogP contribution in [0.5, 0.6) is 0 Å². The van der Waals surface area contributed by atoms with E-state index >= 15 is 0 Å². The van der Waals surface area contributed by atoms with Crippen LogP contribution < -0.4 is 0 Å². The third-order valence-corrected chi connectivity index (χ3v) is 3.73. The molecule has 0 saturated carbocycles. The molecule has 19 heavy (non-hydrogen) atoms. The lowest BCUT2D eigenvalue weighted by molar-refractivity contribution is 0.207. The molecule has 0 aliphatic carbocycles. The zero-order valence-electron chi connectivity index (χ0n) is 11.8. The minimum atomic E-state index is 0.876. The summed E-state index contributed by atoms with van der Waals surface area (Å²) in [6.07, 6.45) is 3.06. The molecule has 1 aliphatic rings. The highest BCUT2D eigenvalue weighted by molar-refractivity contribution is 5.15. The fraction of sp³-hybridized carbons (Fsp3) is 0.615. The predicted octanol–water partition coefficient (Wildman–Crippen LogP) is 0.898. The fourth-order valence-corrected chi connectivity index (χ4v) is 2.71. The van der Waals surface area contributed by atoms with Crippen molar-refractivity contribution in [1.29, 1.82) is 0 Å². The number of aromatic nitrogens is 5. The van der Waals surface area contributed by atoms with Gasteiger partial charge < -0.3 is 4.57 Å². The fourth-order valence-electron chi connectivity index (χ4n) is 2.71. The highest BCUT2D eigenvalue weighted by Crippen LogP contribution is 2.16. The van der Waals surface area contributed by atoms with Crippen LogP contribution in [0.4, 0.5) is 0 Å². The molecule has 0 spiro atoms. The van der Waals surface area contributed by atoms with Gasteiger partial charge in [-0.3, -0.25) is 9.58 Å². The van der Waals surface area contributed by atoms with E-state index in [0.29, 0.717) is 0 Å². The van der Waals surface area contributed by atoms with Crippen molar-refractivity contribution in [2.45, 2.75) is 39.9 Å². The predicted molar refractivity (Wildman–Crippen MR) is 71.5 cm³/mol. The summed E-state index contributed by atoms with van der Waals surface area (Å²) in [5.74, 6) is 2.19. The van der Waals surface area contributed by atoms with Gasteiger partial charge >= 0.3 is 0 Å². The third kappa shape index (κ3) is 2.28. The topological polar surface area (TPSA) is 51.8 Å². The summed E-state index contributed by atoms with van der Waals surface area (Å²) in [5, 5.41) is 12.9. The number of aryl methyl sites for hydroxylation is 3. The molecule has 3 heterocycles. The lowest BCUT2D eigenvalue weighted by atomic mass is 10.2. The highest BCUT2D eigenvalue weighted by Gasteiger charge is 2.21. The van der Waals surface area contributed by atoms with E-state index < -0.39 is 0 Å². The van der Waals surface area contributed by atoms with Crippen molar-refractivity contribution in [3.05, 3.63) is 29.1 Å². The van der Waals surface area contributed by atoms with Crippen molar-refractivity contribution in [2.24, 2.45) is 7.05 Å². The number of nitrogens with zero attached hydrogens (tertiary/aromatic N) is 6. The molecule has 0 radical (unpaired) electrons. The zero-order valence-corrected chi connectivity index (χ0v) is 11.8. The summed E-state index contributed by atoms with van der Waals surface area (Å²) in [5.41, 5.74) is 2.41. The molecule has 0 amide bonds. The van der Waals surface area contributed by atoms with Crippen LogP contribution in [0.15, 0.2) is 6.20 Å². The first-order valence-corrected chi connectivity index (χ1v) is 6.79. The van der Waals surface area contributed by atoms with Crippen LogP contribution in [0, 0.1) is 6.92 Å². The molecule has 0 bridgehead atoms. The van der Waals surface area contributed by atoms with Crippen LogP contribution in [-0.4, -0.2) is 36.0 Å². The minimum Gasteiger partial charge on any atom is -0.313 e. The van der Waals surface area contributed by atoms with E-state index in [4.69, 9.17) is 0 Å². The van der Waals surface area contributed by atoms with Gasteiger partial charge in [0.15, 0.2) is 0 Å². The first-order valence-electron chi connectivity index (χ1n) is 6.79. The quantitative estimate of drug-likeness (QED) is 0.822. The summed E-state index contributed by atoms with van der Waals surface area (Å²) >= 11 is 0. The molecule has 2 aromatic rings. The van der Waals surface area contributed by atoms with E-state index in [1.807, 2.05) is 11.7 Å². The second kappa shape index (κ2) is 4.77. The molecular weight excluding hydrogens is 240 g/mol. The monoisotopic (exact) mass is 260 g/mol. The van der Waals surface area contributed by atoms with E-state index in [0.717, 1.165) is 49.9 Å². The zero-order chi connectivity index (χ0) is 13.4. The van der Waals surface area contributed by atoms with Crippen molar-refractivity contribution in [2.75, 3.05) is 6.54 Å². The Morgan fingerprint density at radius 1 is 1.26 bits per heavy atom. The maximum absolute atomic E-state index is 4.40. The molecule has 0 atom stereocenters. The summed E-state index contributed by atoms with van der Waals surface area (Å²) in [4.78, 5) is 2.41. The Balaban J connectivity index is 1.74. The lowest BCUT2D eigenvalue weighted by Gasteiger charge is -2.27. The maximum Gasteiger partial charge on any atom is 0.147 e. The Bertz CT molecular complexity index is 582. The molecule has 3 rings (SSSR count). The average molecular weight is 260 g/mol. The van der Waals surface area contributed by atoms with E-state index in [9.17, 15) is 0 Å². The van der Waals surface area contributed by atoms with Crippen LogP contribution in [0.25, 0.3) is 0 Å². The summed E-state index contributed by atoms with van der Waals surface area (Å²) in [6.45, 7) is 8.05. The maximum atomic E-state index is 4.40. The van der Waals surface area contributed by atoms with Gasteiger partial charge in [0.25, 0.3) is 0 Å². The molecule has 102 valence electrons. The first-order chi connectivity index (χ1) is 9.17. The van der Waals surface area contributed by atoms with Crippen molar-refractivity contribution in [3.8, 4) is 0 Å². The molecular formula is C13H20N6. The lowest BCUT2D eigenvalue weighted by Crippen LogP contribution is -2.34. The van der Waals surface area contributed by atoms with Crippen molar-refractivity contribution >= 4 is 0 Å². The van der Waals surface area contributed by atoms with Gasteiger partial charge in [-0.05, 0) is 6.92 Å². The van der Waals surface area contributed by atoms with Crippen LogP contribution in [0.2, 0.25) is 0 Å². The molecule has 0 N–H and O–H groups in total. The van der Waals surface area contributed by atoms with Gasteiger partial charge in [0.1, 0.15) is 11.6 Å². The Morgan fingerprint density at radius 2 is 2.11 bits per heavy atom. The smallest absolute Gasteiger partial charge is 0.147 e. The van der Waals surface area contributed by atoms with Crippen LogP contribution >= 0.6 is 0 Å². The number of hydrogen-bond acceptors (Lipinski definition) is 4. The van der Waals surface area contributed by atoms with Gasteiger partial charge in [0.05, 0.1) is 12.2 Å². The van der Waals surface area contributed by atoms with E-state index in [-0.39, 0.29) is 0 Å². The molecule has 2 aromatic heterocycles. The molecule has 0 unspecified atom stereocenters. The number of rotatable bonds is 3. The standard InChI is InChI=1S/C13H20N6/c1-4-12-14-15-13-9-18(5-6-19(12)13)8-11-7-17(3)16-10(11)2/h7H,4-6,8-9H2,1-3H3. The molecule has 0 aromatic carbocycles. The van der Waals surface area contributed by atoms with Crippen LogP contribution in [0.1, 0.15) is 29.8 Å². The molecule has 6 nitrogen and oxygen atoms in total. The first kappa shape index (κ1) is 12.3. The number of hydrogen-bond donors (Lipinski definition) is 0. The van der Waals surface area contributed by atoms with E-state index in [1.165, 1.54) is 5.56 Å².